The molecule has 0 aromatic rings. The van der Waals surface area contributed by atoms with E-state index in [0.717, 1.165) is 25.9 Å². The van der Waals surface area contributed by atoms with Crippen LogP contribution >= 0.6 is 0 Å². The summed E-state index contributed by atoms with van der Waals surface area (Å²) in [5, 5.41) is 25.3. The van der Waals surface area contributed by atoms with Crippen molar-refractivity contribution in [2.45, 2.75) is 25.0 Å². The van der Waals surface area contributed by atoms with Gasteiger partial charge in [-0.3, -0.25) is 0 Å². The molecule has 0 aliphatic heterocycles. The molecule has 0 bridgehead atoms. The molecule has 0 amide bonds. The van der Waals surface area contributed by atoms with Gasteiger partial charge in [0.15, 0.2) is 0 Å². The Bertz CT molecular complexity index is 193. The van der Waals surface area contributed by atoms with Crippen molar-refractivity contribution in [1.82, 2.24) is 10.6 Å². The van der Waals surface area contributed by atoms with Crippen molar-refractivity contribution in [3.05, 3.63) is 0 Å². The van der Waals surface area contributed by atoms with E-state index >= 15 is 0 Å². The van der Waals surface area contributed by atoms with Crippen molar-refractivity contribution >= 4 is 0 Å². The minimum Gasteiger partial charge on any atom is -0.389 e. The largest absolute Gasteiger partial charge is 0.389 e. The molecule has 0 aromatic carbocycles. The standard InChI is InChI=1S/C13H32N4O4/c14-3-1-5-16-7-12(18)9-20-11-21-10-13(19)8-17-6-2-4-15/h12-13,16-19H,1-11,14-15H2. The van der Waals surface area contributed by atoms with Gasteiger partial charge in [0.1, 0.15) is 6.79 Å². The van der Waals surface area contributed by atoms with E-state index in [1.54, 1.807) is 0 Å². The average Bonchev–Trinajstić information content (AvgIpc) is 2.48. The van der Waals surface area contributed by atoms with Crippen molar-refractivity contribution in [1.29, 1.82) is 0 Å². The van der Waals surface area contributed by atoms with Crippen LogP contribution in [0.5, 0.6) is 0 Å². The second kappa shape index (κ2) is 16.1. The van der Waals surface area contributed by atoms with E-state index in [2.05, 4.69) is 10.6 Å². The molecule has 0 fully saturated rings. The minimum atomic E-state index is -0.575. The van der Waals surface area contributed by atoms with Crippen molar-refractivity contribution in [2.75, 3.05) is 59.3 Å². The summed E-state index contributed by atoms with van der Waals surface area (Å²) in [5.74, 6) is 0. The molecule has 0 saturated carbocycles. The molecular weight excluding hydrogens is 276 g/mol. The van der Waals surface area contributed by atoms with Gasteiger partial charge in [0.25, 0.3) is 0 Å². The number of nitrogens with one attached hydrogen (secondary N) is 2. The molecule has 21 heavy (non-hydrogen) atoms. The molecule has 0 radical (unpaired) electrons. The fourth-order valence-corrected chi connectivity index (χ4v) is 1.54. The van der Waals surface area contributed by atoms with E-state index in [1.165, 1.54) is 0 Å². The molecule has 0 saturated heterocycles. The number of aliphatic hydroxyl groups excluding tert-OH is 2. The molecule has 0 aromatic heterocycles. The van der Waals surface area contributed by atoms with Gasteiger partial charge in [0, 0.05) is 13.1 Å². The van der Waals surface area contributed by atoms with Crippen molar-refractivity contribution < 1.29 is 19.7 Å². The van der Waals surface area contributed by atoms with Crippen LogP contribution in [0.4, 0.5) is 0 Å². The first-order valence-electron chi connectivity index (χ1n) is 7.53. The molecule has 0 rings (SSSR count). The highest BCUT2D eigenvalue weighted by atomic mass is 16.7. The molecular formula is C13H32N4O4. The summed E-state index contributed by atoms with van der Waals surface area (Å²) in [6, 6.07) is 0. The topological polar surface area (TPSA) is 135 Å². The Balaban J connectivity index is 3.26. The lowest BCUT2D eigenvalue weighted by atomic mass is 10.3. The van der Waals surface area contributed by atoms with Crippen molar-refractivity contribution in [3.8, 4) is 0 Å². The van der Waals surface area contributed by atoms with Crippen LogP contribution in [-0.4, -0.2) is 81.7 Å². The zero-order chi connectivity index (χ0) is 15.8. The second-order valence-corrected chi connectivity index (χ2v) is 4.86. The highest BCUT2D eigenvalue weighted by molar-refractivity contribution is 4.59. The van der Waals surface area contributed by atoms with Crippen LogP contribution in [0.1, 0.15) is 12.8 Å². The molecule has 0 aliphatic rings. The number of aliphatic hydroxyl groups is 2. The molecule has 0 heterocycles. The second-order valence-electron chi connectivity index (χ2n) is 4.86. The van der Waals surface area contributed by atoms with Crippen LogP contribution in [0.25, 0.3) is 0 Å². The van der Waals surface area contributed by atoms with E-state index in [9.17, 15) is 10.2 Å². The van der Waals surface area contributed by atoms with Crippen molar-refractivity contribution in [3.63, 3.8) is 0 Å². The van der Waals surface area contributed by atoms with Crippen molar-refractivity contribution in [2.24, 2.45) is 11.5 Å². The molecule has 8 N–H and O–H groups in total. The lowest BCUT2D eigenvalue weighted by Crippen LogP contribution is -2.33. The molecule has 2 unspecified atom stereocenters. The molecule has 128 valence electrons. The van der Waals surface area contributed by atoms with E-state index < -0.39 is 12.2 Å². The Hall–Kier alpha value is -0.320. The van der Waals surface area contributed by atoms with Gasteiger partial charge in [-0.05, 0) is 39.0 Å². The van der Waals surface area contributed by atoms with E-state index in [4.69, 9.17) is 20.9 Å². The van der Waals surface area contributed by atoms with Gasteiger partial charge in [-0.15, -0.1) is 0 Å². The Morgan fingerprint density at radius 1 is 0.810 bits per heavy atom. The fraction of sp³-hybridized carbons (Fsp3) is 1.00. The Morgan fingerprint density at radius 3 is 1.62 bits per heavy atom. The molecule has 2 atom stereocenters. The van der Waals surface area contributed by atoms with Crippen LogP contribution < -0.4 is 22.1 Å². The highest BCUT2D eigenvalue weighted by Gasteiger charge is 2.05. The number of hydrogen-bond donors (Lipinski definition) is 6. The summed E-state index contributed by atoms with van der Waals surface area (Å²) >= 11 is 0. The average molecular weight is 308 g/mol. The quantitative estimate of drug-likeness (QED) is 0.137. The third-order valence-electron chi connectivity index (χ3n) is 2.66. The number of nitrogens with two attached hydrogens (primary N) is 2. The van der Waals surface area contributed by atoms with Gasteiger partial charge in [-0.25, -0.2) is 0 Å². The fourth-order valence-electron chi connectivity index (χ4n) is 1.54. The van der Waals surface area contributed by atoms with Gasteiger partial charge in [-0.1, -0.05) is 0 Å². The SMILES string of the molecule is NCCCNCC(O)COCOCC(O)CNCCCN. The number of hydrogen-bond acceptors (Lipinski definition) is 8. The zero-order valence-corrected chi connectivity index (χ0v) is 12.8. The van der Waals surface area contributed by atoms with Crippen LogP contribution in [0, 0.1) is 0 Å². The van der Waals surface area contributed by atoms with Gasteiger partial charge < -0.3 is 41.8 Å². The smallest absolute Gasteiger partial charge is 0.146 e. The maximum Gasteiger partial charge on any atom is 0.146 e. The number of rotatable bonds is 16. The maximum atomic E-state index is 9.58. The van der Waals surface area contributed by atoms with Gasteiger partial charge in [0.2, 0.25) is 0 Å². The third kappa shape index (κ3) is 15.9. The lowest BCUT2D eigenvalue weighted by Gasteiger charge is -2.14. The van der Waals surface area contributed by atoms with Crippen LogP contribution in [0.3, 0.4) is 0 Å². The summed E-state index contributed by atoms with van der Waals surface area (Å²) in [4.78, 5) is 0. The first kappa shape index (κ1) is 20.7. The predicted molar refractivity (Wildman–Crippen MR) is 81.9 cm³/mol. The van der Waals surface area contributed by atoms with Gasteiger partial charge >= 0.3 is 0 Å². The summed E-state index contributed by atoms with van der Waals surface area (Å²) in [6.07, 6.45) is 0.616. The first-order valence-corrected chi connectivity index (χ1v) is 7.53. The van der Waals surface area contributed by atoms with Gasteiger partial charge in [0.05, 0.1) is 25.4 Å². The zero-order valence-electron chi connectivity index (χ0n) is 12.8. The minimum absolute atomic E-state index is 0.0553. The highest BCUT2D eigenvalue weighted by Crippen LogP contribution is 1.88. The Morgan fingerprint density at radius 2 is 1.24 bits per heavy atom. The first-order chi connectivity index (χ1) is 10.2. The summed E-state index contributed by atoms with van der Waals surface area (Å²) in [5.41, 5.74) is 10.7. The summed E-state index contributed by atoms with van der Waals surface area (Å²) in [6.45, 7) is 4.22. The lowest BCUT2D eigenvalue weighted by molar-refractivity contribution is -0.0958. The predicted octanol–water partition coefficient (Wildman–Crippen LogP) is -2.42. The van der Waals surface area contributed by atoms with E-state index in [-0.39, 0.29) is 20.0 Å². The van der Waals surface area contributed by atoms with Crippen LogP contribution in [-0.2, 0) is 9.47 Å². The van der Waals surface area contributed by atoms with E-state index in [0.29, 0.717) is 26.2 Å². The van der Waals surface area contributed by atoms with E-state index in [1.807, 2.05) is 0 Å². The monoisotopic (exact) mass is 308 g/mol. The summed E-state index contributed by atoms with van der Waals surface area (Å²) < 4.78 is 10.3. The summed E-state index contributed by atoms with van der Waals surface area (Å²) in [7, 11) is 0. The molecule has 8 nitrogen and oxygen atoms in total. The molecule has 0 spiro atoms. The Kier molecular flexibility index (Phi) is 15.8. The van der Waals surface area contributed by atoms with Crippen LogP contribution in [0.2, 0.25) is 0 Å². The van der Waals surface area contributed by atoms with Crippen LogP contribution in [0.15, 0.2) is 0 Å². The third-order valence-corrected chi connectivity index (χ3v) is 2.66. The molecule has 0 aliphatic carbocycles. The van der Waals surface area contributed by atoms with Gasteiger partial charge in [-0.2, -0.15) is 0 Å². The number of ether oxygens (including phenoxy) is 2. The molecule has 8 heteroatoms. The maximum absolute atomic E-state index is 9.58. The Labute approximate surface area is 127 Å². The normalized spacial score (nSPS) is 14.3.